The van der Waals surface area contributed by atoms with Gasteiger partial charge in [0.1, 0.15) is 18.4 Å². The van der Waals surface area contributed by atoms with E-state index in [1.807, 2.05) is 0 Å². The van der Waals surface area contributed by atoms with Crippen molar-refractivity contribution in [3.05, 3.63) is 0 Å². The van der Waals surface area contributed by atoms with Gasteiger partial charge in [-0.05, 0) is 68.1 Å². The fraction of sp³-hybridized carbons (Fsp3) is 1.00. The Bertz CT molecular complexity index is 353. The molecule has 3 aliphatic carbocycles. The quantitative estimate of drug-likeness (QED) is 0.771. The third-order valence-electron chi connectivity index (χ3n) is 6.97. The molecule has 0 amide bonds. The van der Waals surface area contributed by atoms with Crippen molar-refractivity contribution in [1.82, 2.24) is 0 Å². The molecule has 6 unspecified atom stereocenters. The van der Waals surface area contributed by atoms with Gasteiger partial charge in [-0.15, -0.1) is 0 Å². The van der Waals surface area contributed by atoms with Crippen LogP contribution in [-0.2, 0) is 0 Å². The van der Waals surface area contributed by atoms with Gasteiger partial charge in [-0.25, -0.2) is 8.78 Å². The van der Waals surface area contributed by atoms with Crippen molar-refractivity contribution < 1.29 is 13.9 Å². The van der Waals surface area contributed by atoms with Crippen LogP contribution in [0.4, 0.5) is 8.78 Å². The molecule has 0 radical (unpaired) electrons. The van der Waals surface area contributed by atoms with Crippen LogP contribution >= 0.6 is 0 Å². The first-order valence-corrected chi connectivity index (χ1v) is 9.56. The van der Waals surface area contributed by atoms with Crippen LogP contribution in [0.3, 0.4) is 0 Å². The average molecular weight is 314 g/mol. The lowest BCUT2D eigenvalue weighted by atomic mass is 9.61. The van der Waals surface area contributed by atoms with Crippen molar-refractivity contribution in [3.63, 3.8) is 0 Å². The maximum atomic E-state index is 14.2. The Labute approximate surface area is 133 Å². The molecule has 0 aromatic heterocycles. The van der Waals surface area contributed by atoms with Crippen molar-refractivity contribution in [3.8, 4) is 0 Å². The highest BCUT2D eigenvalue weighted by atomic mass is 19.1. The van der Waals surface area contributed by atoms with E-state index in [0.717, 1.165) is 31.1 Å². The number of hydrogen-bond acceptors (Lipinski definition) is 1. The molecule has 22 heavy (non-hydrogen) atoms. The van der Waals surface area contributed by atoms with Crippen molar-refractivity contribution in [2.75, 3.05) is 0 Å². The summed E-state index contributed by atoms with van der Waals surface area (Å²) in [7, 11) is 0. The summed E-state index contributed by atoms with van der Waals surface area (Å²) >= 11 is 0. The van der Waals surface area contributed by atoms with Gasteiger partial charge >= 0.3 is 0 Å². The molecule has 0 bridgehead atoms. The minimum absolute atomic E-state index is 0.0883. The molecule has 3 rings (SSSR count). The molecule has 0 aromatic rings. The minimum Gasteiger partial charge on any atom is -0.387 e. The van der Waals surface area contributed by atoms with E-state index in [2.05, 4.69) is 6.92 Å². The van der Waals surface area contributed by atoms with Crippen molar-refractivity contribution in [2.24, 2.45) is 29.6 Å². The van der Waals surface area contributed by atoms with E-state index in [-0.39, 0.29) is 11.8 Å². The third-order valence-corrected chi connectivity index (χ3v) is 6.97. The fourth-order valence-electron chi connectivity index (χ4n) is 5.68. The number of aliphatic hydroxyl groups is 1. The van der Waals surface area contributed by atoms with Crippen molar-refractivity contribution in [2.45, 2.75) is 89.6 Å². The number of fused-ring (bicyclic) bond motifs is 1. The van der Waals surface area contributed by atoms with E-state index in [9.17, 15) is 13.9 Å². The highest BCUT2D eigenvalue weighted by Crippen LogP contribution is 2.49. The SMILES string of the molecule is CCCC1CCC(C2CCC3C(CC(F)C(O)C3F)C2)CC1. The van der Waals surface area contributed by atoms with Crippen molar-refractivity contribution >= 4 is 0 Å². The summed E-state index contributed by atoms with van der Waals surface area (Å²) in [5.74, 6) is 2.47. The first kappa shape index (κ1) is 16.7. The molecular formula is C19H32F2O. The highest BCUT2D eigenvalue weighted by molar-refractivity contribution is 4.97. The second-order valence-electron chi connectivity index (χ2n) is 8.25. The Balaban J connectivity index is 1.54. The number of halogens is 2. The number of alkyl halides is 2. The van der Waals surface area contributed by atoms with Crippen LogP contribution in [-0.4, -0.2) is 23.6 Å². The zero-order valence-corrected chi connectivity index (χ0v) is 13.9. The molecule has 0 aliphatic heterocycles. The molecule has 0 saturated heterocycles. The number of aliphatic hydroxyl groups excluding tert-OH is 1. The minimum atomic E-state index is -1.37. The van der Waals surface area contributed by atoms with Gasteiger partial charge in [0.25, 0.3) is 0 Å². The normalized spacial score (nSPS) is 49.6. The van der Waals surface area contributed by atoms with Gasteiger partial charge in [-0.1, -0.05) is 32.6 Å². The van der Waals surface area contributed by atoms with Crippen LogP contribution in [0.15, 0.2) is 0 Å². The van der Waals surface area contributed by atoms with Gasteiger partial charge in [0.05, 0.1) is 0 Å². The van der Waals surface area contributed by atoms with Crippen LogP contribution in [0.1, 0.15) is 71.1 Å². The second-order valence-corrected chi connectivity index (χ2v) is 8.25. The van der Waals surface area contributed by atoms with E-state index in [1.54, 1.807) is 0 Å². The van der Waals surface area contributed by atoms with E-state index in [0.29, 0.717) is 12.3 Å². The number of hydrogen-bond donors (Lipinski definition) is 1. The summed E-state index contributed by atoms with van der Waals surface area (Å²) in [6.45, 7) is 2.27. The summed E-state index contributed by atoms with van der Waals surface area (Å²) < 4.78 is 28.0. The van der Waals surface area contributed by atoms with Crippen LogP contribution in [0.2, 0.25) is 0 Å². The molecule has 0 aromatic carbocycles. The highest BCUT2D eigenvalue weighted by Gasteiger charge is 2.48. The Kier molecular flexibility index (Phi) is 5.42. The molecule has 0 heterocycles. The van der Waals surface area contributed by atoms with Crippen LogP contribution < -0.4 is 0 Å². The molecule has 3 saturated carbocycles. The van der Waals surface area contributed by atoms with Crippen molar-refractivity contribution in [1.29, 1.82) is 0 Å². The fourth-order valence-corrected chi connectivity index (χ4v) is 5.68. The lowest BCUT2D eigenvalue weighted by Gasteiger charge is -2.46. The zero-order chi connectivity index (χ0) is 15.7. The maximum Gasteiger partial charge on any atom is 0.132 e. The van der Waals surface area contributed by atoms with Gasteiger partial charge in [-0.3, -0.25) is 0 Å². The first-order chi connectivity index (χ1) is 10.6. The summed E-state index contributed by atoms with van der Waals surface area (Å²) in [5, 5.41) is 9.63. The third kappa shape index (κ3) is 3.34. The van der Waals surface area contributed by atoms with Gasteiger partial charge in [0.15, 0.2) is 0 Å². The smallest absolute Gasteiger partial charge is 0.132 e. The van der Waals surface area contributed by atoms with Gasteiger partial charge in [-0.2, -0.15) is 0 Å². The Hall–Kier alpha value is -0.180. The Morgan fingerprint density at radius 1 is 0.864 bits per heavy atom. The lowest BCUT2D eigenvalue weighted by Crippen LogP contribution is -2.49. The Morgan fingerprint density at radius 3 is 2.23 bits per heavy atom. The molecule has 3 heteroatoms. The zero-order valence-electron chi connectivity index (χ0n) is 13.9. The molecule has 0 spiro atoms. The monoisotopic (exact) mass is 314 g/mol. The predicted octanol–water partition coefficient (Wildman–Crippen LogP) is 5.07. The van der Waals surface area contributed by atoms with E-state index in [1.165, 1.54) is 38.5 Å². The van der Waals surface area contributed by atoms with E-state index >= 15 is 0 Å². The van der Waals surface area contributed by atoms with Crippen LogP contribution in [0.25, 0.3) is 0 Å². The van der Waals surface area contributed by atoms with Gasteiger partial charge < -0.3 is 5.11 Å². The Morgan fingerprint density at radius 2 is 1.55 bits per heavy atom. The van der Waals surface area contributed by atoms with Crippen LogP contribution in [0.5, 0.6) is 0 Å². The largest absolute Gasteiger partial charge is 0.387 e. The predicted molar refractivity (Wildman–Crippen MR) is 85.1 cm³/mol. The molecule has 1 N–H and O–H groups in total. The standard InChI is InChI=1S/C19H32F2O/c1-2-3-12-4-6-13(7-5-12)14-8-9-16-15(10-14)11-17(20)19(22)18(16)21/h12-19,22H,2-11H2,1H3. The maximum absolute atomic E-state index is 14.2. The molecular weight excluding hydrogens is 282 g/mol. The van der Waals surface area contributed by atoms with Gasteiger partial charge in [0.2, 0.25) is 0 Å². The second kappa shape index (κ2) is 7.15. The molecule has 128 valence electrons. The number of rotatable bonds is 3. The molecule has 1 nitrogen and oxygen atoms in total. The summed E-state index contributed by atoms with van der Waals surface area (Å²) in [4.78, 5) is 0. The van der Waals surface area contributed by atoms with E-state index in [4.69, 9.17) is 0 Å². The molecule has 3 fully saturated rings. The first-order valence-electron chi connectivity index (χ1n) is 9.56. The topological polar surface area (TPSA) is 20.2 Å². The summed E-state index contributed by atoms with van der Waals surface area (Å²) in [5.41, 5.74) is 0. The summed E-state index contributed by atoms with van der Waals surface area (Å²) in [6, 6.07) is 0. The lowest BCUT2D eigenvalue weighted by molar-refractivity contribution is -0.0911. The molecule has 6 atom stereocenters. The average Bonchev–Trinajstić information content (AvgIpc) is 2.53. The van der Waals surface area contributed by atoms with E-state index < -0.39 is 18.4 Å². The van der Waals surface area contributed by atoms with Gasteiger partial charge in [0, 0.05) is 0 Å². The molecule has 3 aliphatic rings. The summed E-state index contributed by atoms with van der Waals surface area (Å²) in [6.07, 6.45) is 7.30. The van der Waals surface area contributed by atoms with Crippen LogP contribution in [0, 0.1) is 29.6 Å².